The molecular formula is C12H15BF4N2O. The molecule has 0 atom stereocenters. The molecule has 110 valence electrons. The summed E-state index contributed by atoms with van der Waals surface area (Å²) < 4.78 is 62.2. The molecule has 0 bridgehead atoms. The largest absolute Gasteiger partial charge is 0.673 e. The zero-order chi connectivity index (χ0) is 17.7. The van der Waals surface area contributed by atoms with Crippen LogP contribution in [0.1, 0.15) is 15.4 Å². The highest BCUT2D eigenvalue weighted by atomic mass is 19.5. The van der Waals surface area contributed by atoms with E-state index in [0.717, 1.165) is 11.3 Å². The Morgan fingerprint density at radius 1 is 1.20 bits per heavy atom. The highest BCUT2D eigenvalue weighted by Crippen LogP contribution is 2.06. The molecule has 0 saturated carbocycles. The molecule has 0 spiro atoms. The van der Waals surface area contributed by atoms with Crippen LogP contribution in [0.3, 0.4) is 0 Å². The predicted octanol–water partition coefficient (Wildman–Crippen LogP) is 2.49. The van der Waals surface area contributed by atoms with Gasteiger partial charge in [-0.15, -0.1) is 0 Å². The molecular weight excluding hydrogens is 275 g/mol. The first-order valence-electron chi connectivity index (χ1n) is 7.14. The van der Waals surface area contributed by atoms with E-state index < -0.39 is 14.3 Å². The van der Waals surface area contributed by atoms with Crippen molar-refractivity contribution < 1.29 is 30.9 Å². The number of aryl methyl sites for hydroxylation is 1. The summed E-state index contributed by atoms with van der Waals surface area (Å²) in [6.07, 6.45) is 1.80. The van der Waals surface area contributed by atoms with Gasteiger partial charge >= 0.3 is 7.25 Å². The summed E-state index contributed by atoms with van der Waals surface area (Å²) in [5.74, 6) is 0. The van der Waals surface area contributed by atoms with Gasteiger partial charge in [0.1, 0.15) is 12.7 Å². The van der Waals surface area contributed by atoms with Gasteiger partial charge < -0.3 is 22.1 Å². The van der Waals surface area contributed by atoms with E-state index in [1.807, 2.05) is 36.4 Å². The van der Waals surface area contributed by atoms with Crippen LogP contribution >= 0.6 is 0 Å². The predicted molar refractivity (Wildman–Crippen MR) is 67.6 cm³/mol. The first-order chi connectivity index (χ1) is 10.5. The maximum atomic E-state index is 9.75. The molecule has 0 aliphatic heterocycles. The van der Waals surface area contributed by atoms with E-state index in [0.29, 0.717) is 6.54 Å². The Bertz CT molecular complexity index is 611. The van der Waals surface area contributed by atoms with Crippen molar-refractivity contribution in [2.45, 2.75) is 13.5 Å². The maximum absolute atomic E-state index is 9.75. The molecule has 2 rings (SSSR count). The summed E-state index contributed by atoms with van der Waals surface area (Å²) >= 11 is 0. The lowest BCUT2D eigenvalue weighted by Gasteiger charge is -2.01. The van der Waals surface area contributed by atoms with Crippen LogP contribution in [0.2, 0.25) is 0 Å². The van der Waals surface area contributed by atoms with Gasteiger partial charge in [-0.2, -0.15) is 0 Å². The second kappa shape index (κ2) is 6.97. The van der Waals surface area contributed by atoms with Crippen LogP contribution in [0.5, 0.6) is 0 Å². The lowest BCUT2D eigenvalue weighted by molar-refractivity contribution is -0.791. The number of hydrogen-bond acceptors (Lipinski definition) is 1. The van der Waals surface area contributed by atoms with Gasteiger partial charge in [-0.3, -0.25) is 0 Å². The topological polar surface area (TPSA) is 18.0 Å². The highest BCUT2D eigenvalue weighted by molar-refractivity contribution is 6.50. The smallest absolute Gasteiger partial charge is 0.418 e. The van der Waals surface area contributed by atoms with Gasteiger partial charge in [0.25, 0.3) is 0 Å². The van der Waals surface area contributed by atoms with Crippen molar-refractivity contribution in [2.24, 2.45) is 0 Å². The second-order valence-electron chi connectivity index (χ2n) is 3.90. The van der Waals surface area contributed by atoms with E-state index in [2.05, 4.69) is 0 Å². The molecule has 0 radical (unpaired) electrons. The number of aromatic nitrogens is 2. The second-order valence-corrected chi connectivity index (χ2v) is 3.90. The normalized spacial score (nSPS) is 13.6. The van der Waals surface area contributed by atoms with Crippen molar-refractivity contribution in [2.75, 3.05) is 7.04 Å². The van der Waals surface area contributed by atoms with E-state index >= 15 is 0 Å². The lowest BCUT2D eigenvalue weighted by Crippen LogP contribution is -2.45. The molecule has 0 saturated heterocycles. The molecule has 0 N–H and O–H groups in total. The zero-order valence-electron chi connectivity index (χ0n) is 13.6. The molecule has 0 amide bonds. The molecule has 0 fully saturated rings. The molecule has 1 aromatic heterocycles. The summed E-state index contributed by atoms with van der Waals surface area (Å²) in [5.41, 5.74) is 1.82. The fraction of sp³-hybridized carbons (Fsp3) is 0.250. The van der Waals surface area contributed by atoms with Gasteiger partial charge in [-0.25, -0.2) is 0 Å². The number of rotatable bonds is 3. The van der Waals surface area contributed by atoms with Crippen molar-refractivity contribution in [3.8, 4) is 0 Å². The summed E-state index contributed by atoms with van der Waals surface area (Å²) in [4.78, 5) is 6.26. The molecule has 2 aromatic rings. The Hall–Kier alpha value is -1.99. The van der Waals surface area contributed by atoms with Crippen molar-refractivity contribution in [1.82, 2.24) is 4.85 Å². The summed E-state index contributed by atoms with van der Waals surface area (Å²) in [6, 6.07) is 11.6. The SMILES string of the molecule is F[B-](F)(F)F.[2H]C([2H])([2H])On1c(C)cc[n+]1Cc1ccccc1. The Balaban J connectivity index is 0.000000463. The van der Waals surface area contributed by atoms with Crippen LogP contribution in [0.4, 0.5) is 17.3 Å². The summed E-state index contributed by atoms with van der Waals surface area (Å²) in [5, 5.41) is 0. The quantitative estimate of drug-likeness (QED) is 0.483. The maximum Gasteiger partial charge on any atom is 0.673 e. The van der Waals surface area contributed by atoms with Gasteiger partial charge in [-0.1, -0.05) is 35.0 Å². The van der Waals surface area contributed by atoms with E-state index in [1.165, 1.54) is 4.85 Å². The summed E-state index contributed by atoms with van der Waals surface area (Å²) in [6.45, 7) is 2.36. The van der Waals surface area contributed by atoms with Gasteiger partial charge in [0.05, 0.1) is 4.11 Å². The third-order valence-corrected chi connectivity index (χ3v) is 2.30. The number of nitrogens with zero attached hydrogens (tertiary/aromatic N) is 2. The molecule has 1 aromatic carbocycles. The minimum absolute atomic E-state index is 0.560. The van der Waals surface area contributed by atoms with Crippen molar-refractivity contribution in [3.63, 3.8) is 0 Å². The Morgan fingerprint density at radius 2 is 1.80 bits per heavy atom. The van der Waals surface area contributed by atoms with Crippen molar-refractivity contribution >= 4 is 7.25 Å². The van der Waals surface area contributed by atoms with E-state index in [4.69, 9.17) is 8.95 Å². The van der Waals surface area contributed by atoms with Crippen molar-refractivity contribution in [3.05, 3.63) is 53.9 Å². The first-order valence-corrected chi connectivity index (χ1v) is 5.64. The number of halogens is 4. The third kappa shape index (κ3) is 5.77. The van der Waals surface area contributed by atoms with Crippen LogP contribution in [-0.2, 0) is 6.54 Å². The minimum atomic E-state index is -6.00. The molecule has 8 heteroatoms. The average Bonchev–Trinajstić information content (AvgIpc) is 2.69. The third-order valence-electron chi connectivity index (χ3n) is 2.30. The van der Waals surface area contributed by atoms with Crippen LogP contribution < -0.4 is 9.52 Å². The Kier molecular flexibility index (Phi) is 4.12. The Labute approximate surface area is 118 Å². The molecule has 0 aliphatic rings. The molecule has 0 unspecified atom stereocenters. The number of hydrogen-bond donors (Lipinski definition) is 0. The van der Waals surface area contributed by atoms with Gasteiger partial charge in [-0.05, 0) is 6.92 Å². The van der Waals surface area contributed by atoms with Crippen LogP contribution in [0.25, 0.3) is 0 Å². The van der Waals surface area contributed by atoms with E-state index in [-0.39, 0.29) is 0 Å². The van der Waals surface area contributed by atoms with Crippen molar-refractivity contribution in [1.29, 1.82) is 0 Å². The van der Waals surface area contributed by atoms with Crippen LogP contribution in [0.15, 0.2) is 42.6 Å². The van der Waals surface area contributed by atoms with E-state index in [9.17, 15) is 17.3 Å². The molecule has 3 nitrogen and oxygen atoms in total. The van der Waals surface area contributed by atoms with Crippen LogP contribution in [0, 0.1) is 6.92 Å². The molecule has 20 heavy (non-hydrogen) atoms. The highest BCUT2D eigenvalue weighted by Gasteiger charge is 2.20. The van der Waals surface area contributed by atoms with Gasteiger partial charge in [0, 0.05) is 16.5 Å². The van der Waals surface area contributed by atoms with Crippen LogP contribution in [-0.4, -0.2) is 19.1 Å². The average molecular weight is 293 g/mol. The van der Waals surface area contributed by atoms with Gasteiger partial charge in [0.2, 0.25) is 6.54 Å². The first kappa shape index (κ1) is 11.8. The minimum Gasteiger partial charge on any atom is -0.418 e. The fourth-order valence-corrected chi connectivity index (χ4v) is 1.53. The monoisotopic (exact) mass is 293 g/mol. The van der Waals surface area contributed by atoms with E-state index in [1.54, 1.807) is 17.8 Å². The summed E-state index contributed by atoms with van der Waals surface area (Å²) in [7, 11) is -8.46. The fourth-order valence-electron chi connectivity index (χ4n) is 1.53. The Morgan fingerprint density at radius 3 is 2.35 bits per heavy atom. The standard InChI is InChI=1S/C12H15N2O.BF4/c1-11-8-9-13(14(11)15-2)10-12-6-4-3-5-7-12;2-1(3,4)5/h3-9H,10H2,1-2H3;/q+1;-1/i2D3;. The molecule has 1 heterocycles. The van der Waals surface area contributed by atoms with Gasteiger partial charge in [0.15, 0.2) is 6.20 Å². The number of benzene rings is 1. The lowest BCUT2D eigenvalue weighted by atomic mass is 10.2. The molecule has 0 aliphatic carbocycles. The zero-order valence-corrected chi connectivity index (χ0v) is 10.6.